The zero-order valence-electron chi connectivity index (χ0n) is 9.09. The lowest BCUT2D eigenvalue weighted by Crippen LogP contribution is -2.32. The van der Waals surface area contributed by atoms with Gasteiger partial charge in [-0.05, 0) is 18.5 Å². The number of H-pyrrole nitrogens is 1. The molecule has 1 atom stereocenters. The summed E-state index contributed by atoms with van der Waals surface area (Å²) in [5.74, 6) is -1.72. The van der Waals surface area contributed by atoms with Crippen molar-refractivity contribution in [1.29, 1.82) is 0 Å². The fraction of sp³-hybridized carbons (Fsp3) is 0.222. The van der Waals surface area contributed by atoms with Crippen molar-refractivity contribution in [2.24, 2.45) is 5.73 Å². The smallest absolute Gasteiger partial charge is 0.406 e. The average molecular weight is 314 g/mol. The Kier molecular flexibility index (Phi) is 4.61. The summed E-state index contributed by atoms with van der Waals surface area (Å²) in [4.78, 5) is 24.9. The standard InChI is InChI=1S/C9H8Cl3N3O3/c1-2(8(14)16)18-9(17)6-3(10)5(13)4(11)7(12)15-6/h2H,1H3,(H2,13,15)(H2,14,16)/p+1/t2-/m1/s1. The van der Waals surface area contributed by atoms with Crippen LogP contribution in [0, 0.1) is 0 Å². The van der Waals surface area contributed by atoms with Crippen LogP contribution in [0.15, 0.2) is 0 Å². The normalized spacial score (nSPS) is 12.0. The molecule has 6 nitrogen and oxygen atoms in total. The summed E-state index contributed by atoms with van der Waals surface area (Å²) in [6.07, 6.45) is -1.11. The molecular weight excluding hydrogens is 304 g/mol. The minimum absolute atomic E-state index is 0.0128. The maximum absolute atomic E-state index is 11.7. The van der Waals surface area contributed by atoms with Gasteiger partial charge in [0.15, 0.2) is 6.10 Å². The van der Waals surface area contributed by atoms with Crippen LogP contribution >= 0.6 is 34.8 Å². The topological polar surface area (TPSA) is 110 Å². The van der Waals surface area contributed by atoms with Crippen molar-refractivity contribution in [2.45, 2.75) is 13.0 Å². The van der Waals surface area contributed by atoms with Gasteiger partial charge >= 0.3 is 11.7 Å². The van der Waals surface area contributed by atoms with E-state index in [9.17, 15) is 9.59 Å². The Morgan fingerprint density at radius 3 is 2.33 bits per heavy atom. The second-order valence-electron chi connectivity index (χ2n) is 3.31. The van der Waals surface area contributed by atoms with Crippen LogP contribution in [0.1, 0.15) is 17.4 Å². The van der Waals surface area contributed by atoms with Gasteiger partial charge in [0.25, 0.3) is 11.1 Å². The average Bonchev–Trinajstić information content (AvgIpc) is 2.30. The molecule has 98 valence electrons. The third-order valence-corrected chi connectivity index (χ3v) is 3.17. The Morgan fingerprint density at radius 1 is 1.28 bits per heavy atom. The second kappa shape index (κ2) is 5.60. The molecule has 0 saturated carbocycles. The van der Waals surface area contributed by atoms with Crippen molar-refractivity contribution in [1.82, 2.24) is 0 Å². The van der Waals surface area contributed by atoms with Crippen LogP contribution in [0.5, 0.6) is 0 Å². The van der Waals surface area contributed by atoms with E-state index in [2.05, 4.69) is 4.98 Å². The predicted molar refractivity (Wildman–Crippen MR) is 66.5 cm³/mol. The van der Waals surface area contributed by atoms with Gasteiger partial charge in [0.1, 0.15) is 10.0 Å². The number of aromatic amines is 1. The maximum atomic E-state index is 11.7. The molecule has 5 N–H and O–H groups in total. The summed E-state index contributed by atoms with van der Waals surface area (Å²) in [7, 11) is 0. The van der Waals surface area contributed by atoms with Crippen LogP contribution in [-0.4, -0.2) is 18.0 Å². The molecule has 0 fully saturated rings. The Bertz CT molecular complexity index is 522. The van der Waals surface area contributed by atoms with E-state index < -0.39 is 18.0 Å². The Hall–Kier alpha value is -1.24. The number of nitrogens with one attached hydrogen (secondary N) is 1. The van der Waals surface area contributed by atoms with Crippen LogP contribution < -0.4 is 16.5 Å². The molecule has 1 aromatic heterocycles. The summed E-state index contributed by atoms with van der Waals surface area (Å²) in [6, 6.07) is 0. The first-order chi connectivity index (χ1) is 8.25. The van der Waals surface area contributed by atoms with Crippen LogP contribution in [0.3, 0.4) is 0 Å². The Morgan fingerprint density at radius 2 is 1.83 bits per heavy atom. The summed E-state index contributed by atoms with van der Waals surface area (Å²) in [5, 5.41) is -0.232. The molecule has 1 rings (SSSR count). The number of carbonyl (C=O) groups is 2. The number of amides is 1. The van der Waals surface area contributed by atoms with Gasteiger partial charge in [-0.1, -0.05) is 23.2 Å². The van der Waals surface area contributed by atoms with Gasteiger partial charge in [0.2, 0.25) is 0 Å². The molecule has 1 amide bonds. The first-order valence-electron chi connectivity index (χ1n) is 4.61. The van der Waals surface area contributed by atoms with Crippen molar-refractivity contribution in [3.63, 3.8) is 0 Å². The largest absolute Gasteiger partial charge is 0.445 e. The molecule has 18 heavy (non-hydrogen) atoms. The summed E-state index contributed by atoms with van der Waals surface area (Å²) < 4.78 is 4.74. The Labute approximate surface area is 117 Å². The van der Waals surface area contributed by atoms with Crippen molar-refractivity contribution in [3.8, 4) is 0 Å². The fourth-order valence-electron chi connectivity index (χ4n) is 0.987. The monoisotopic (exact) mass is 312 g/mol. The van der Waals surface area contributed by atoms with Crippen LogP contribution in [0.2, 0.25) is 15.2 Å². The number of primary amides is 1. The van der Waals surface area contributed by atoms with Crippen molar-refractivity contribution < 1.29 is 19.3 Å². The number of rotatable bonds is 3. The number of nitrogens with two attached hydrogens (primary N) is 2. The minimum Gasteiger partial charge on any atom is -0.445 e. The van der Waals surface area contributed by atoms with Crippen LogP contribution in [0.4, 0.5) is 5.69 Å². The molecule has 9 heteroatoms. The number of esters is 1. The number of carbonyl (C=O) groups excluding carboxylic acids is 2. The van der Waals surface area contributed by atoms with Gasteiger partial charge in [-0.3, -0.25) is 4.79 Å². The van der Waals surface area contributed by atoms with Gasteiger partial charge < -0.3 is 16.2 Å². The lowest BCUT2D eigenvalue weighted by atomic mass is 10.3. The highest BCUT2D eigenvalue weighted by Crippen LogP contribution is 2.32. The van der Waals surface area contributed by atoms with Gasteiger partial charge in [-0.2, -0.15) is 4.98 Å². The third kappa shape index (κ3) is 2.95. The van der Waals surface area contributed by atoms with Crippen molar-refractivity contribution in [2.75, 3.05) is 5.73 Å². The minimum atomic E-state index is -1.11. The SMILES string of the molecule is C[C@@H](OC(=O)c1[nH+]c(Cl)c(Cl)c(N)c1Cl)C(N)=O. The first-order valence-corrected chi connectivity index (χ1v) is 5.74. The zero-order valence-corrected chi connectivity index (χ0v) is 11.4. The molecule has 0 unspecified atom stereocenters. The lowest BCUT2D eigenvalue weighted by molar-refractivity contribution is -0.380. The molecule has 0 bridgehead atoms. The van der Waals surface area contributed by atoms with E-state index in [1.165, 1.54) is 6.92 Å². The molecule has 0 saturated heterocycles. The van der Waals surface area contributed by atoms with E-state index in [4.69, 9.17) is 51.0 Å². The van der Waals surface area contributed by atoms with Gasteiger partial charge in [0, 0.05) is 0 Å². The van der Waals surface area contributed by atoms with E-state index in [1.807, 2.05) is 0 Å². The van der Waals surface area contributed by atoms with E-state index in [-0.39, 0.29) is 26.6 Å². The lowest BCUT2D eigenvalue weighted by Gasteiger charge is -2.08. The predicted octanol–water partition coefficient (Wildman–Crippen LogP) is 1.07. The Balaban J connectivity index is 3.11. The maximum Gasteiger partial charge on any atom is 0.406 e. The van der Waals surface area contributed by atoms with Crippen LogP contribution in [0.25, 0.3) is 0 Å². The van der Waals surface area contributed by atoms with Gasteiger partial charge in [-0.15, -0.1) is 0 Å². The number of aromatic nitrogens is 1. The third-order valence-electron chi connectivity index (χ3n) is 2.01. The highest BCUT2D eigenvalue weighted by atomic mass is 35.5. The zero-order chi connectivity index (χ0) is 14.0. The van der Waals surface area contributed by atoms with E-state index >= 15 is 0 Å². The highest BCUT2D eigenvalue weighted by Gasteiger charge is 2.29. The number of hydrogen-bond acceptors (Lipinski definition) is 4. The number of anilines is 1. The van der Waals surface area contributed by atoms with E-state index in [0.717, 1.165) is 0 Å². The van der Waals surface area contributed by atoms with Gasteiger partial charge in [0.05, 0.1) is 5.69 Å². The number of halogens is 3. The van der Waals surface area contributed by atoms with E-state index in [1.54, 1.807) is 0 Å². The molecule has 0 aliphatic carbocycles. The van der Waals surface area contributed by atoms with Crippen LogP contribution in [-0.2, 0) is 9.53 Å². The number of ether oxygens (including phenoxy) is 1. The molecule has 0 spiro atoms. The molecular formula is C9H9Cl3N3O3+. The van der Waals surface area contributed by atoms with Crippen molar-refractivity contribution >= 4 is 52.4 Å². The molecule has 1 heterocycles. The molecule has 0 radical (unpaired) electrons. The number of hydrogen-bond donors (Lipinski definition) is 2. The summed E-state index contributed by atoms with van der Waals surface area (Å²) in [5.41, 5.74) is 10.2. The summed E-state index contributed by atoms with van der Waals surface area (Å²) in [6.45, 7) is 1.31. The van der Waals surface area contributed by atoms with Crippen molar-refractivity contribution in [3.05, 3.63) is 20.9 Å². The van der Waals surface area contributed by atoms with E-state index in [0.29, 0.717) is 0 Å². The number of pyridine rings is 1. The van der Waals surface area contributed by atoms with Gasteiger partial charge in [-0.25, -0.2) is 4.79 Å². The quantitative estimate of drug-likeness (QED) is 0.642. The molecule has 0 aliphatic heterocycles. The highest BCUT2D eigenvalue weighted by molar-refractivity contribution is 6.45. The molecule has 0 aromatic carbocycles. The first kappa shape index (κ1) is 14.8. The fourth-order valence-corrected chi connectivity index (χ4v) is 1.59. The second-order valence-corrected chi connectivity index (χ2v) is 4.44. The summed E-state index contributed by atoms with van der Waals surface area (Å²) >= 11 is 17.2. The molecule has 0 aliphatic rings. The number of nitrogen functional groups attached to an aromatic ring is 1. The molecule has 1 aromatic rings.